The van der Waals surface area contributed by atoms with E-state index in [1.807, 2.05) is 11.8 Å². The number of benzene rings is 2. The van der Waals surface area contributed by atoms with Crippen LogP contribution in [0.1, 0.15) is 19.3 Å². The summed E-state index contributed by atoms with van der Waals surface area (Å²) in [5.74, 6) is 0.337. The minimum absolute atomic E-state index is 0.136. The predicted molar refractivity (Wildman–Crippen MR) is 107 cm³/mol. The van der Waals surface area contributed by atoms with Crippen LogP contribution in [0.25, 0.3) is 0 Å². The second kappa shape index (κ2) is 8.14. The summed E-state index contributed by atoms with van der Waals surface area (Å²) in [7, 11) is 0. The molecule has 1 amide bonds. The predicted octanol–water partition coefficient (Wildman–Crippen LogP) is 3.80. The second-order valence-electron chi connectivity index (χ2n) is 6.88. The standard InChI is InChI=1S/C21H25N3OS/c25-21(16-7-5-12-22-15-16)23-13-6-14-24-17-8-1-3-10-19(17)26-20-11-4-2-9-18(20)24/h1-4,8-11,16,22H,5-7,12-15H2,(H,23,25). The van der Waals surface area contributed by atoms with Crippen molar-refractivity contribution < 1.29 is 4.79 Å². The Hall–Kier alpha value is -1.98. The maximum Gasteiger partial charge on any atom is 0.224 e. The van der Waals surface area contributed by atoms with E-state index in [1.54, 1.807) is 0 Å². The second-order valence-corrected chi connectivity index (χ2v) is 7.96. The first-order chi connectivity index (χ1) is 12.8. The summed E-state index contributed by atoms with van der Waals surface area (Å²) in [6, 6.07) is 17.1. The quantitative estimate of drug-likeness (QED) is 0.789. The van der Waals surface area contributed by atoms with Crippen LogP contribution in [0.15, 0.2) is 58.3 Å². The van der Waals surface area contributed by atoms with Gasteiger partial charge in [-0.2, -0.15) is 0 Å². The molecule has 0 aromatic heterocycles. The molecule has 0 saturated carbocycles. The Labute approximate surface area is 159 Å². The lowest BCUT2D eigenvalue weighted by Gasteiger charge is -2.32. The average molecular weight is 368 g/mol. The molecule has 5 heteroatoms. The van der Waals surface area contributed by atoms with Crippen LogP contribution in [0.3, 0.4) is 0 Å². The minimum Gasteiger partial charge on any atom is -0.356 e. The molecule has 2 heterocycles. The first-order valence-corrected chi connectivity index (χ1v) is 10.3. The van der Waals surface area contributed by atoms with E-state index >= 15 is 0 Å². The first-order valence-electron chi connectivity index (χ1n) is 9.45. The van der Waals surface area contributed by atoms with E-state index in [-0.39, 0.29) is 11.8 Å². The van der Waals surface area contributed by atoms with Gasteiger partial charge in [-0.15, -0.1) is 0 Å². The van der Waals surface area contributed by atoms with Crippen LogP contribution in [-0.4, -0.2) is 32.1 Å². The Morgan fingerprint density at radius 3 is 2.46 bits per heavy atom. The van der Waals surface area contributed by atoms with E-state index in [0.29, 0.717) is 0 Å². The van der Waals surface area contributed by atoms with Gasteiger partial charge in [-0.3, -0.25) is 4.79 Å². The van der Waals surface area contributed by atoms with Gasteiger partial charge in [0.05, 0.1) is 17.3 Å². The summed E-state index contributed by atoms with van der Waals surface area (Å²) in [5, 5.41) is 6.44. The highest BCUT2D eigenvalue weighted by Crippen LogP contribution is 2.47. The van der Waals surface area contributed by atoms with Crippen molar-refractivity contribution in [3.63, 3.8) is 0 Å². The summed E-state index contributed by atoms with van der Waals surface area (Å²) in [5.41, 5.74) is 2.53. The third-order valence-corrected chi connectivity index (χ3v) is 6.19. The zero-order valence-electron chi connectivity index (χ0n) is 14.9. The maximum absolute atomic E-state index is 12.3. The van der Waals surface area contributed by atoms with Gasteiger partial charge in [0.2, 0.25) is 5.91 Å². The topological polar surface area (TPSA) is 44.4 Å². The van der Waals surface area contributed by atoms with Crippen LogP contribution in [0, 0.1) is 5.92 Å². The Bertz CT molecular complexity index is 728. The van der Waals surface area contributed by atoms with Crippen LogP contribution in [0.4, 0.5) is 11.4 Å². The molecule has 2 aromatic carbocycles. The molecule has 2 aliphatic heterocycles. The van der Waals surface area contributed by atoms with E-state index in [2.05, 4.69) is 64.1 Å². The number of anilines is 2. The fourth-order valence-corrected chi connectivity index (χ4v) is 4.79. The van der Waals surface area contributed by atoms with Crippen molar-refractivity contribution in [3.05, 3.63) is 48.5 Å². The van der Waals surface area contributed by atoms with Gasteiger partial charge in [0, 0.05) is 29.4 Å². The zero-order chi connectivity index (χ0) is 17.8. The summed E-state index contributed by atoms with van der Waals surface area (Å²) in [6.45, 7) is 3.48. The van der Waals surface area contributed by atoms with Crippen molar-refractivity contribution >= 4 is 29.0 Å². The lowest BCUT2D eigenvalue weighted by Crippen LogP contribution is -2.41. The third kappa shape index (κ3) is 3.74. The number of rotatable bonds is 5. The summed E-state index contributed by atoms with van der Waals surface area (Å²) in [4.78, 5) is 17.3. The molecule has 2 aliphatic rings. The molecule has 1 atom stereocenters. The highest BCUT2D eigenvalue weighted by atomic mass is 32.2. The molecule has 1 fully saturated rings. The van der Waals surface area contributed by atoms with Crippen LogP contribution in [0.2, 0.25) is 0 Å². The van der Waals surface area contributed by atoms with Gasteiger partial charge in [-0.1, -0.05) is 36.0 Å². The van der Waals surface area contributed by atoms with Crippen molar-refractivity contribution in [3.8, 4) is 0 Å². The Balaban J connectivity index is 1.38. The number of amides is 1. The van der Waals surface area contributed by atoms with E-state index in [9.17, 15) is 4.79 Å². The van der Waals surface area contributed by atoms with Crippen molar-refractivity contribution in [2.75, 3.05) is 31.1 Å². The van der Waals surface area contributed by atoms with Crippen molar-refractivity contribution in [2.24, 2.45) is 5.92 Å². The van der Waals surface area contributed by atoms with Gasteiger partial charge in [0.1, 0.15) is 0 Å². The van der Waals surface area contributed by atoms with E-state index in [1.165, 1.54) is 21.2 Å². The molecule has 4 rings (SSSR count). The number of carbonyl (C=O) groups is 1. The van der Waals surface area contributed by atoms with Crippen molar-refractivity contribution in [1.29, 1.82) is 0 Å². The SMILES string of the molecule is O=C(NCCCN1c2ccccc2Sc2ccccc21)C1CCCNC1. The van der Waals surface area contributed by atoms with Crippen LogP contribution < -0.4 is 15.5 Å². The number of piperidine rings is 1. The van der Waals surface area contributed by atoms with Gasteiger partial charge in [0.25, 0.3) is 0 Å². The van der Waals surface area contributed by atoms with Crippen LogP contribution >= 0.6 is 11.8 Å². The number of nitrogens with one attached hydrogen (secondary N) is 2. The molecule has 136 valence electrons. The highest BCUT2D eigenvalue weighted by molar-refractivity contribution is 7.99. The Morgan fingerprint density at radius 1 is 1.12 bits per heavy atom. The van der Waals surface area contributed by atoms with E-state index in [4.69, 9.17) is 0 Å². The van der Waals surface area contributed by atoms with E-state index < -0.39 is 0 Å². The molecule has 0 spiro atoms. The smallest absolute Gasteiger partial charge is 0.224 e. The number of nitrogens with zero attached hydrogens (tertiary/aromatic N) is 1. The lowest BCUT2D eigenvalue weighted by molar-refractivity contribution is -0.125. The third-order valence-electron chi connectivity index (χ3n) is 5.06. The number of hydrogen-bond donors (Lipinski definition) is 2. The lowest BCUT2D eigenvalue weighted by atomic mass is 9.99. The van der Waals surface area contributed by atoms with Crippen LogP contribution in [0.5, 0.6) is 0 Å². The molecule has 26 heavy (non-hydrogen) atoms. The summed E-state index contributed by atoms with van der Waals surface area (Å²) >= 11 is 1.83. The van der Waals surface area contributed by atoms with E-state index in [0.717, 1.165) is 45.4 Å². The molecule has 0 aliphatic carbocycles. The largest absolute Gasteiger partial charge is 0.356 e. The fraction of sp³-hybridized carbons (Fsp3) is 0.381. The monoisotopic (exact) mass is 367 g/mol. The summed E-state index contributed by atoms with van der Waals surface area (Å²) in [6.07, 6.45) is 3.03. The molecule has 2 aromatic rings. The van der Waals surface area contributed by atoms with Gasteiger partial charge in [-0.25, -0.2) is 0 Å². The number of hydrogen-bond acceptors (Lipinski definition) is 4. The normalized spacial score (nSPS) is 18.8. The molecule has 0 radical (unpaired) electrons. The Kier molecular flexibility index (Phi) is 5.46. The molecule has 1 saturated heterocycles. The fourth-order valence-electron chi connectivity index (χ4n) is 3.69. The Morgan fingerprint density at radius 2 is 1.81 bits per heavy atom. The highest BCUT2D eigenvalue weighted by Gasteiger charge is 2.23. The number of para-hydroxylation sites is 2. The van der Waals surface area contributed by atoms with Gasteiger partial charge < -0.3 is 15.5 Å². The number of fused-ring (bicyclic) bond motifs is 2. The van der Waals surface area contributed by atoms with Crippen molar-refractivity contribution in [1.82, 2.24) is 10.6 Å². The average Bonchev–Trinajstić information content (AvgIpc) is 2.71. The molecule has 1 unspecified atom stereocenters. The van der Waals surface area contributed by atoms with Gasteiger partial charge in [-0.05, 0) is 50.1 Å². The molecule has 4 nitrogen and oxygen atoms in total. The molecular weight excluding hydrogens is 342 g/mol. The number of carbonyl (C=O) groups excluding carboxylic acids is 1. The molecule has 2 N–H and O–H groups in total. The minimum atomic E-state index is 0.136. The molecule has 0 bridgehead atoms. The van der Waals surface area contributed by atoms with Crippen LogP contribution in [-0.2, 0) is 4.79 Å². The van der Waals surface area contributed by atoms with Gasteiger partial charge in [0.15, 0.2) is 0 Å². The van der Waals surface area contributed by atoms with Crippen molar-refractivity contribution in [2.45, 2.75) is 29.1 Å². The summed E-state index contributed by atoms with van der Waals surface area (Å²) < 4.78 is 0. The maximum atomic E-state index is 12.3. The molecular formula is C21H25N3OS. The van der Waals surface area contributed by atoms with Gasteiger partial charge >= 0.3 is 0 Å². The zero-order valence-corrected chi connectivity index (χ0v) is 15.7. The first kappa shape index (κ1) is 17.4.